The number of hydrogen-bond acceptors (Lipinski definition) is 2. The zero-order chi connectivity index (χ0) is 13.0. The summed E-state index contributed by atoms with van der Waals surface area (Å²) in [5.74, 6) is 0.0221. The van der Waals surface area contributed by atoms with Gasteiger partial charge in [-0.2, -0.15) is 0 Å². The van der Waals surface area contributed by atoms with Gasteiger partial charge in [-0.3, -0.25) is 4.79 Å². The molecule has 1 atom stereocenters. The lowest BCUT2D eigenvalue weighted by Crippen LogP contribution is -2.34. The van der Waals surface area contributed by atoms with E-state index in [0.717, 1.165) is 12.0 Å². The predicted octanol–water partition coefficient (Wildman–Crippen LogP) is 2.19. The van der Waals surface area contributed by atoms with Gasteiger partial charge in [0.25, 0.3) is 5.91 Å². The molecule has 92 valence electrons. The molecule has 0 saturated heterocycles. The van der Waals surface area contributed by atoms with Crippen LogP contribution in [0.25, 0.3) is 0 Å². The SMILES string of the molecule is CCC(C)N(C)C(=O)c1ccc(C(N)=S)cc1. The number of benzene rings is 1. The van der Waals surface area contributed by atoms with Gasteiger partial charge in [0.2, 0.25) is 0 Å². The van der Waals surface area contributed by atoms with Crippen LogP contribution in [0.15, 0.2) is 24.3 Å². The van der Waals surface area contributed by atoms with Gasteiger partial charge in [-0.15, -0.1) is 0 Å². The van der Waals surface area contributed by atoms with Gasteiger partial charge < -0.3 is 10.6 Å². The first-order valence-electron chi connectivity index (χ1n) is 5.64. The molecule has 0 saturated carbocycles. The maximum Gasteiger partial charge on any atom is 0.253 e. The molecule has 0 aliphatic rings. The van der Waals surface area contributed by atoms with Crippen LogP contribution in [-0.2, 0) is 0 Å². The first-order chi connectivity index (χ1) is 7.97. The lowest BCUT2D eigenvalue weighted by Gasteiger charge is -2.23. The van der Waals surface area contributed by atoms with Crippen molar-refractivity contribution in [3.63, 3.8) is 0 Å². The van der Waals surface area contributed by atoms with E-state index in [9.17, 15) is 4.79 Å². The quantitative estimate of drug-likeness (QED) is 0.833. The molecule has 0 aliphatic carbocycles. The number of nitrogens with zero attached hydrogens (tertiary/aromatic N) is 1. The Bertz CT molecular complexity index is 414. The number of carbonyl (C=O) groups excluding carboxylic acids is 1. The fraction of sp³-hybridized carbons (Fsp3) is 0.385. The molecule has 1 aromatic carbocycles. The van der Waals surface area contributed by atoms with Gasteiger partial charge in [-0.05, 0) is 25.5 Å². The third kappa shape index (κ3) is 3.27. The number of rotatable bonds is 4. The van der Waals surface area contributed by atoms with E-state index in [4.69, 9.17) is 18.0 Å². The summed E-state index contributed by atoms with van der Waals surface area (Å²) in [5, 5.41) is 0. The van der Waals surface area contributed by atoms with Crippen LogP contribution in [0.3, 0.4) is 0 Å². The van der Waals surface area contributed by atoms with E-state index in [0.29, 0.717) is 10.6 Å². The van der Waals surface area contributed by atoms with Gasteiger partial charge in [-0.25, -0.2) is 0 Å². The maximum absolute atomic E-state index is 12.1. The van der Waals surface area contributed by atoms with E-state index in [-0.39, 0.29) is 11.9 Å². The molecule has 4 heteroatoms. The minimum atomic E-state index is 0.0221. The molecule has 1 amide bonds. The minimum Gasteiger partial charge on any atom is -0.389 e. The standard InChI is InChI=1S/C13H18N2OS/c1-4-9(2)15(3)13(16)11-7-5-10(6-8-11)12(14)17/h5-9H,4H2,1-3H3,(H2,14,17). The van der Waals surface area contributed by atoms with E-state index in [1.165, 1.54) is 0 Å². The summed E-state index contributed by atoms with van der Waals surface area (Å²) >= 11 is 4.87. The number of carbonyl (C=O) groups is 1. The van der Waals surface area contributed by atoms with Gasteiger partial charge in [0.1, 0.15) is 4.99 Å². The van der Waals surface area contributed by atoms with Gasteiger partial charge >= 0.3 is 0 Å². The molecule has 1 unspecified atom stereocenters. The fourth-order valence-electron chi connectivity index (χ4n) is 1.45. The average Bonchev–Trinajstić information content (AvgIpc) is 2.36. The highest BCUT2D eigenvalue weighted by atomic mass is 32.1. The fourth-order valence-corrected chi connectivity index (χ4v) is 1.59. The molecular formula is C13H18N2OS. The van der Waals surface area contributed by atoms with Crippen LogP contribution in [0.2, 0.25) is 0 Å². The van der Waals surface area contributed by atoms with Crippen LogP contribution in [0.5, 0.6) is 0 Å². The zero-order valence-corrected chi connectivity index (χ0v) is 11.3. The van der Waals surface area contributed by atoms with Crippen molar-refractivity contribution in [3.8, 4) is 0 Å². The van der Waals surface area contributed by atoms with E-state index in [1.807, 2.05) is 14.0 Å². The second-order valence-corrected chi connectivity index (χ2v) is 4.55. The highest BCUT2D eigenvalue weighted by Crippen LogP contribution is 2.10. The predicted molar refractivity (Wildman–Crippen MR) is 74.2 cm³/mol. The number of amides is 1. The molecule has 17 heavy (non-hydrogen) atoms. The Morgan fingerprint density at radius 2 is 1.82 bits per heavy atom. The molecule has 1 aromatic rings. The second kappa shape index (κ2) is 5.77. The third-order valence-corrected chi connectivity index (χ3v) is 3.22. The van der Waals surface area contributed by atoms with Crippen LogP contribution in [0.4, 0.5) is 0 Å². The molecule has 3 nitrogen and oxygen atoms in total. The summed E-state index contributed by atoms with van der Waals surface area (Å²) in [6.07, 6.45) is 0.938. The molecule has 0 spiro atoms. The largest absolute Gasteiger partial charge is 0.389 e. The molecule has 0 aliphatic heterocycles. The summed E-state index contributed by atoms with van der Waals surface area (Å²) < 4.78 is 0. The second-order valence-electron chi connectivity index (χ2n) is 4.11. The topological polar surface area (TPSA) is 46.3 Å². The molecule has 2 N–H and O–H groups in total. The van der Waals surface area contributed by atoms with Gasteiger partial charge in [0.15, 0.2) is 0 Å². The minimum absolute atomic E-state index is 0.0221. The maximum atomic E-state index is 12.1. The van der Waals surface area contributed by atoms with Crippen molar-refractivity contribution in [1.29, 1.82) is 0 Å². The normalized spacial score (nSPS) is 11.9. The lowest BCUT2D eigenvalue weighted by atomic mass is 10.1. The molecule has 0 heterocycles. The van der Waals surface area contributed by atoms with Crippen LogP contribution in [0, 0.1) is 0 Å². The first-order valence-corrected chi connectivity index (χ1v) is 6.05. The Kier molecular flexibility index (Phi) is 4.63. The lowest BCUT2D eigenvalue weighted by molar-refractivity contribution is 0.0740. The Morgan fingerprint density at radius 3 is 2.24 bits per heavy atom. The van der Waals surface area contributed by atoms with E-state index >= 15 is 0 Å². The van der Waals surface area contributed by atoms with Crippen molar-refractivity contribution in [3.05, 3.63) is 35.4 Å². The van der Waals surface area contributed by atoms with Crippen molar-refractivity contribution >= 4 is 23.1 Å². The van der Waals surface area contributed by atoms with Crippen molar-refractivity contribution < 1.29 is 4.79 Å². The summed E-state index contributed by atoms with van der Waals surface area (Å²) in [5.41, 5.74) is 6.95. The summed E-state index contributed by atoms with van der Waals surface area (Å²) in [4.78, 5) is 14.2. The zero-order valence-electron chi connectivity index (χ0n) is 10.4. The van der Waals surface area contributed by atoms with Crippen LogP contribution < -0.4 is 5.73 Å². The summed E-state index contributed by atoms with van der Waals surface area (Å²) in [6.45, 7) is 4.09. The molecule has 1 rings (SSSR count). The molecule has 0 radical (unpaired) electrons. The summed E-state index contributed by atoms with van der Waals surface area (Å²) in [6, 6.07) is 7.31. The number of nitrogens with two attached hydrogens (primary N) is 1. The Morgan fingerprint density at radius 1 is 1.35 bits per heavy atom. The number of thiocarbonyl (C=S) groups is 1. The van der Waals surface area contributed by atoms with E-state index < -0.39 is 0 Å². The Balaban J connectivity index is 2.86. The highest BCUT2D eigenvalue weighted by Gasteiger charge is 2.15. The first kappa shape index (κ1) is 13.6. The number of hydrogen-bond donors (Lipinski definition) is 1. The van der Waals surface area contributed by atoms with Gasteiger partial charge in [-0.1, -0.05) is 31.3 Å². The van der Waals surface area contributed by atoms with Gasteiger partial charge in [0.05, 0.1) is 0 Å². The molecule has 0 bridgehead atoms. The third-order valence-electron chi connectivity index (χ3n) is 2.99. The summed E-state index contributed by atoms with van der Waals surface area (Å²) in [7, 11) is 1.82. The van der Waals surface area contributed by atoms with Crippen molar-refractivity contribution in [2.24, 2.45) is 5.73 Å². The average molecular weight is 250 g/mol. The van der Waals surface area contributed by atoms with E-state index in [1.54, 1.807) is 29.2 Å². The smallest absolute Gasteiger partial charge is 0.253 e. The van der Waals surface area contributed by atoms with Crippen molar-refractivity contribution in [2.45, 2.75) is 26.3 Å². The van der Waals surface area contributed by atoms with Gasteiger partial charge in [0, 0.05) is 24.2 Å². The van der Waals surface area contributed by atoms with Crippen molar-refractivity contribution in [1.82, 2.24) is 4.90 Å². The molecular weight excluding hydrogens is 232 g/mol. The van der Waals surface area contributed by atoms with Crippen LogP contribution in [0.1, 0.15) is 36.2 Å². The highest BCUT2D eigenvalue weighted by molar-refractivity contribution is 7.80. The van der Waals surface area contributed by atoms with Crippen molar-refractivity contribution in [2.75, 3.05) is 7.05 Å². The molecule has 0 aromatic heterocycles. The van der Waals surface area contributed by atoms with Crippen LogP contribution >= 0.6 is 12.2 Å². The Labute approximate surface area is 108 Å². The van der Waals surface area contributed by atoms with E-state index in [2.05, 4.69) is 6.92 Å². The van der Waals surface area contributed by atoms with Crippen LogP contribution in [-0.4, -0.2) is 28.9 Å². The monoisotopic (exact) mass is 250 g/mol. The molecule has 0 fully saturated rings. The Hall–Kier alpha value is -1.42.